The van der Waals surface area contributed by atoms with Gasteiger partial charge in [0.05, 0.1) is 6.10 Å². The van der Waals surface area contributed by atoms with E-state index in [1.165, 1.54) is 0 Å². The van der Waals surface area contributed by atoms with Crippen molar-refractivity contribution in [2.24, 2.45) is 0 Å². The Morgan fingerprint density at radius 1 is 1.15 bits per heavy atom. The van der Waals surface area contributed by atoms with Crippen molar-refractivity contribution >= 4 is 0 Å². The molecular weight excluding hydrogens is 166 g/mol. The molecule has 0 aromatic rings. The minimum absolute atomic E-state index is 0.200. The average molecular weight is 189 g/mol. The lowest BCUT2D eigenvalue weighted by Gasteiger charge is -2.10. The molecule has 80 valence electrons. The van der Waals surface area contributed by atoms with Crippen molar-refractivity contribution in [2.45, 2.75) is 45.1 Å². The number of nitrogens with one attached hydrogen (secondary N) is 1. The van der Waals surface area contributed by atoms with Crippen molar-refractivity contribution in [3.8, 4) is 0 Å². The van der Waals surface area contributed by atoms with Crippen LogP contribution in [0.3, 0.4) is 0 Å². The first-order valence-electron chi connectivity index (χ1n) is 5.31. The van der Waals surface area contributed by atoms with E-state index in [9.17, 15) is 5.11 Å². The number of aliphatic hydroxyl groups is 2. The summed E-state index contributed by atoms with van der Waals surface area (Å²) >= 11 is 0. The summed E-state index contributed by atoms with van der Waals surface area (Å²) in [7, 11) is 0. The van der Waals surface area contributed by atoms with E-state index in [1.54, 1.807) is 0 Å². The molecule has 3 N–H and O–H groups in total. The van der Waals surface area contributed by atoms with Gasteiger partial charge < -0.3 is 15.5 Å². The molecule has 0 bridgehead atoms. The van der Waals surface area contributed by atoms with Crippen molar-refractivity contribution in [3.63, 3.8) is 0 Å². The topological polar surface area (TPSA) is 52.5 Å². The summed E-state index contributed by atoms with van der Waals surface area (Å²) in [5, 5.41) is 21.1. The molecule has 0 saturated carbocycles. The second-order valence-electron chi connectivity index (χ2n) is 3.39. The fourth-order valence-electron chi connectivity index (χ4n) is 1.26. The number of unbranched alkanes of at least 4 members (excludes halogenated alkanes) is 3. The van der Waals surface area contributed by atoms with Crippen molar-refractivity contribution < 1.29 is 10.2 Å². The highest BCUT2D eigenvalue weighted by Gasteiger charge is 2.01. The smallest absolute Gasteiger partial charge is 0.0664 e. The number of hydrogen-bond donors (Lipinski definition) is 3. The maximum absolute atomic E-state index is 9.42. The third kappa shape index (κ3) is 9.80. The van der Waals surface area contributed by atoms with Crippen LogP contribution in [0.1, 0.15) is 39.0 Å². The Kier molecular flexibility index (Phi) is 9.87. The monoisotopic (exact) mass is 189 g/mol. The minimum atomic E-state index is -0.200. The van der Waals surface area contributed by atoms with Crippen LogP contribution in [0.25, 0.3) is 0 Å². The molecule has 1 unspecified atom stereocenters. The van der Waals surface area contributed by atoms with Gasteiger partial charge >= 0.3 is 0 Å². The maximum atomic E-state index is 9.42. The molecule has 0 aliphatic carbocycles. The van der Waals surface area contributed by atoms with Crippen molar-refractivity contribution in [1.29, 1.82) is 0 Å². The third-order valence-electron chi connectivity index (χ3n) is 2.08. The molecule has 0 aromatic heterocycles. The summed E-state index contributed by atoms with van der Waals surface area (Å²) in [6.45, 7) is 3.95. The first kappa shape index (κ1) is 12.9. The first-order chi connectivity index (χ1) is 6.31. The minimum Gasteiger partial charge on any atom is -0.396 e. The fourth-order valence-corrected chi connectivity index (χ4v) is 1.26. The molecule has 0 spiro atoms. The van der Waals surface area contributed by atoms with Crippen molar-refractivity contribution in [1.82, 2.24) is 5.32 Å². The Labute approximate surface area is 81.2 Å². The van der Waals surface area contributed by atoms with E-state index in [0.29, 0.717) is 13.2 Å². The van der Waals surface area contributed by atoms with Crippen LogP contribution < -0.4 is 5.32 Å². The Hall–Kier alpha value is -0.120. The molecule has 0 radical (unpaired) electrons. The van der Waals surface area contributed by atoms with Gasteiger partial charge in [-0.05, 0) is 19.4 Å². The Balaban J connectivity index is 3.03. The Morgan fingerprint density at radius 3 is 2.46 bits per heavy atom. The standard InChI is InChI=1S/C10H23NO2/c1-2-11-9-10(13)7-5-3-4-6-8-12/h10-13H,2-9H2,1H3. The van der Waals surface area contributed by atoms with E-state index in [1.807, 2.05) is 6.92 Å². The van der Waals surface area contributed by atoms with Crippen molar-refractivity contribution in [2.75, 3.05) is 19.7 Å². The average Bonchev–Trinajstić information content (AvgIpc) is 2.14. The van der Waals surface area contributed by atoms with Gasteiger partial charge in [0.2, 0.25) is 0 Å². The number of rotatable bonds is 9. The van der Waals surface area contributed by atoms with Crippen LogP contribution >= 0.6 is 0 Å². The molecule has 13 heavy (non-hydrogen) atoms. The molecule has 3 heteroatoms. The summed E-state index contributed by atoms with van der Waals surface area (Å²) in [5.41, 5.74) is 0. The second kappa shape index (κ2) is 9.96. The zero-order valence-corrected chi connectivity index (χ0v) is 8.63. The van der Waals surface area contributed by atoms with Gasteiger partial charge in [0.15, 0.2) is 0 Å². The molecule has 0 heterocycles. The lowest BCUT2D eigenvalue weighted by molar-refractivity contribution is 0.158. The van der Waals surface area contributed by atoms with Gasteiger partial charge in [0, 0.05) is 13.2 Å². The summed E-state index contributed by atoms with van der Waals surface area (Å²) in [6.07, 6.45) is 4.82. The van der Waals surface area contributed by atoms with Gasteiger partial charge in [-0.25, -0.2) is 0 Å². The van der Waals surface area contributed by atoms with Gasteiger partial charge in [-0.2, -0.15) is 0 Å². The summed E-state index contributed by atoms with van der Waals surface area (Å²) in [6, 6.07) is 0. The number of aliphatic hydroxyl groups excluding tert-OH is 2. The van der Waals surface area contributed by atoms with E-state index >= 15 is 0 Å². The normalized spacial score (nSPS) is 13.2. The van der Waals surface area contributed by atoms with E-state index in [4.69, 9.17) is 5.11 Å². The van der Waals surface area contributed by atoms with Gasteiger partial charge in [-0.1, -0.05) is 26.2 Å². The van der Waals surface area contributed by atoms with Gasteiger partial charge in [-0.15, -0.1) is 0 Å². The van der Waals surface area contributed by atoms with Crippen LogP contribution in [-0.4, -0.2) is 36.0 Å². The Morgan fingerprint density at radius 2 is 1.85 bits per heavy atom. The largest absolute Gasteiger partial charge is 0.396 e. The fraction of sp³-hybridized carbons (Fsp3) is 1.00. The van der Waals surface area contributed by atoms with Crippen LogP contribution in [0, 0.1) is 0 Å². The third-order valence-corrected chi connectivity index (χ3v) is 2.08. The second-order valence-corrected chi connectivity index (χ2v) is 3.39. The molecule has 0 amide bonds. The van der Waals surface area contributed by atoms with Crippen molar-refractivity contribution in [3.05, 3.63) is 0 Å². The molecule has 0 saturated heterocycles. The molecule has 0 aromatic carbocycles. The van der Waals surface area contributed by atoms with Crippen LogP contribution in [0.2, 0.25) is 0 Å². The highest BCUT2D eigenvalue weighted by Crippen LogP contribution is 2.04. The molecule has 1 atom stereocenters. The van der Waals surface area contributed by atoms with Crippen LogP contribution in [0.5, 0.6) is 0 Å². The number of hydrogen-bond acceptors (Lipinski definition) is 3. The van der Waals surface area contributed by atoms with E-state index in [0.717, 1.165) is 38.6 Å². The lowest BCUT2D eigenvalue weighted by atomic mass is 10.1. The molecular formula is C10H23NO2. The number of likely N-dealkylation sites (N-methyl/N-ethyl adjacent to an activating group) is 1. The molecule has 0 fully saturated rings. The van der Waals surface area contributed by atoms with Crippen LogP contribution in [0.15, 0.2) is 0 Å². The Bertz CT molecular complexity index is 98.9. The van der Waals surface area contributed by atoms with E-state index in [-0.39, 0.29) is 6.10 Å². The SMILES string of the molecule is CCNCC(O)CCCCCCO. The zero-order valence-electron chi connectivity index (χ0n) is 8.63. The van der Waals surface area contributed by atoms with Gasteiger partial charge in [-0.3, -0.25) is 0 Å². The summed E-state index contributed by atoms with van der Waals surface area (Å²) in [4.78, 5) is 0. The molecule has 0 aliphatic rings. The van der Waals surface area contributed by atoms with Gasteiger partial charge in [0.1, 0.15) is 0 Å². The highest BCUT2D eigenvalue weighted by molar-refractivity contribution is 4.58. The van der Waals surface area contributed by atoms with Crippen LogP contribution in [-0.2, 0) is 0 Å². The quantitative estimate of drug-likeness (QED) is 0.472. The lowest BCUT2D eigenvalue weighted by Crippen LogP contribution is -2.26. The van der Waals surface area contributed by atoms with E-state index in [2.05, 4.69) is 5.32 Å². The predicted molar refractivity (Wildman–Crippen MR) is 54.7 cm³/mol. The van der Waals surface area contributed by atoms with E-state index < -0.39 is 0 Å². The molecule has 3 nitrogen and oxygen atoms in total. The highest BCUT2D eigenvalue weighted by atomic mass is 16.3. The summed E-state index contributed by atoms with van der Waals surface area (Å²) < 4.78 is 0. The predicted octanol–water partition coefficient (Wildman–Crippen LogP) is 0.900. The van der Waals surface area contributed by atoms with Crippen LogP contribution in [0.4, 0.5) is 0 Å². The zero-order chi connectivity index (χ0) is 9.94. The van der Waals surface area contributed by atoms with Gasteiger partial charge in [0.25, 0.3) is 0 Å². The first-order valence-corrected chi connectivity index (χ1v) is 5.31. The molecule has 0 aliphatic heterocycles. The summed E-state index contributed by atoms with van der Waals surface area (Å²) in [5.74, 6) is 0. The maximum Gasteiger partial charge on any atom is 0.0664 e. The molecule has 0 rings (SSSR count).